The maximum atomic E-state index is 12.9. The zero-order valence-corrected chi connectivity index (χ0v) is 17.9. The number of nitrogens with one attached hydrogen (secondary N) is 2. The van der Waals surface area contributed by atoms with Crippen LogP contribution in [-0.2, 0) is 4.79 Å². The van der Waals surface area contributed by atoms with Crippen LogP contribution < -0.4 is 16.4 Å². The second-order valence-corrected chi connectivity index (χ2v) is 7.73. The van der Waals surface area contributed by atoms with E-state index in [1.165, 1.54) is 4.90 Å². The summed E-state index contributed by atoms with van der Waals surface area (Å²) in [5.41, 5.74) is 5.88. The number of ketones is 1. The number of aliphatic carboxylic acids is 1. The minimum absolute atomic E-state index is 0.0987. The molecule has 0 saturated carbocycles. The van der Waals surface area contributed by atoms with E-state index in [9.17, 15) is 35.9 Å². The number of carbonyl (C=O) groups is 3. The van der Waals surface area contributed by atoms with Gasteiger partial charge in [0.05, 0.1) is 11.3 Å². The van der Waals surface area contributed by atoms with Gasteiger partial charge < -0.3 is 26.4 Å². The van der Waals surface area contributed by atoms with Gasteiger partial charge in [0.15, 0.2) is 0 Å². The number of halogens is 6. The van der Waals surface area contributed by atoms with Gasteiger partial charge in [0, 0.05) is 31.9 Å². The van der Waals surface area contributed by atoms with Crippen molar-refractivity contribution in [2.75, 3.05) is 37.2 Å². The van der Waals surface area contributed by atoms with Crippen molar-refractivity contribution in [2.45, 2.75) is 12.4 Å². The third-order valence-corrected chi connectivity index (χ3v) is 5.42. The molecule has 0 radical (unpaired) electrons. The van der Waals surface area contributed by atoms with Crippen LogP contribution in [0.5, 0.6) is 0 Å². The van der Waals surface area contributed by atoms with Crippen molar-refractivity contribution in [1.29, 1.82) is 0 Å². The first-order valence-electron chi connectivity index (χ1n) is 9.39. The van der Waals surface area contributed by atoms with Gasteiger partial charge in [-0.2, -0.15) is 26.3 Å². The van der Waals surface area contributed by atoms with Crippen LogP contribution in [0.25, 0.3) is 0 Å². The predicted molar refractivity (Wildman–Crippen MR) is 111 cm³/mol. The van der Waals surface area contributed by atoms with E-state index >= 15 is 0 Å². The van der Waals surface area contributed by atoms with Crippen molar-refractivity contribution in [3.8, 4) is 0 Å². The van der Waals surface area contributed by atoms with E-state index < -0.39 is 40.6 Å². The lowest BCUT2D eigenvalue weighted by Crippen LogP contribution is -2.46. The quantitative estimate of drug-likeness (QED) is 0.365. The first-order valence-corrected chi connectivity index (χ1v) is 10.2. The molecule has 0 bridgehead atoms. The standard InChI is InChI=1S/C17H17F3N4O2S.C2HF3O2/c18-17(19,20)14(25)13-12(21)11(16(26)24-8-6-22-7-9-24)15(27-13)23-10-4-2-1-3-5-10;3-2(4,5)1(6)7/h1-5,22-23H,6-9,21H2;(H,6,7). The first kappa shape index (κ1) is 26.9. The molecule has 3 rings (SSSR count). The van der Waals surface area contributed by atoms with Gasteiger partial charge in [-0.05, 0) is 12.1 Å². The molecule has 1 aliphatic rings. The summed E-state index contributed by atoms with van der Waals surface area (Å²) < 4.78 is 70.5. The largest absolute Gasteiger partial charge is 0.490 e. The van der Waals surface area contributed by atoms with Gasteiger partial charge in [0.2, 0.25) is 0 Å². The third kappa shape index (κ3) is 6.84. The third-order valence-electron chi connectivity index (χ3n) is 4.30. The molecule has 34 heavy (non-hydrogen) atoms. The number of Topliss-reactive ketones (excluding diaryl/α,β-unsaturated/α-hetero) is 1. The number of carboxylic acid groups (broad SMARTS) is 1. The molecule has 186 valence electrons. The van der Waals surface area contributed by atoms with Gasteiger partial charge in [-0.1, -0.05) is 18.2 Å². The van der Waals surface area contributed by atoms with Gasteiger partial charge in [-0.15, -0.1) is 11.3 Å². The number of nitrogen functional groups attached to an aromatic ring is 1. The zero-order valence-electron chi connectivity index (χ0n) is 17.1. The number of carbonyl (C=O) groups excluding carboxylic acids is 2. The van der Waals surface area contributed by atoms with Crippen molar-refractivity contribution in [1.82, 2.24) is 10.2 Å². The topological polar surface area (TPSA) is 125 Å². The minimum atomic E-state index is -5.08. The highest BCUT2D eigenvalue weighted by Gasteiger charge is 2.43. The first-order chi connectivity index (χ1) is 15.7. The van der Waals surface area contributed by atoms with E-state index in [2.05, 4.69) is 10.6 Å². The van der Waals surface area contributed by atoms with Crippen molar-refractivity contribution in [2.24, 2.45) is 0 Å². The summed E-state index contributed by atoms with van der Waals surface area (Å²) in [6.45, 7) is 1.96. The molecule has 1 aromatic heterocycles. The summed E-state index contributed by atoms with van der Waals surface area (Å²) in [4.78, 5) is 34.4. The molecule has 1 saturated heterocycles. The molecular weight excluding hydrogens is 494 g/mol. The molecule has 1 amide bonds. The number of thiophene rings is 1. The summed E-state index contributed by atoms with van der Waals surface area (Å²) in [6, 6.07) is 8.64. The van der Waals surface area contributed by atoms with E-state index in [1.54, 1.807) is 30.3 Å². The van der Waals surface area contributed by atoms with E-state index in [-0.39, 0.29) is 10.6 Å². The summed E-state index contributed by atoms with van der Waals surface area (Å²) in [5, 5.41) is 13.3. The Kier molecular flexibility index (Phi) is 8.50. The Hall–Kier alpha value is -3.33. The van der Waals surface area contributed by atoms with E-state index in [4.69, 9.17) is 15.6 Å². The molecule has 1 aromatic carbocycles. The maximum Gasteiger partial charge on any atom is 0.490 e. The monoisotopic (exact) mass is 512 g/mol. The van der Waals surface area contributed by atoms with Crippen LogP contribution in [0.15, 0.2) is 30.3 Å². The fourth-order valence-corrected chi connectivity index (χ4v) is 3.81. The Bertz CT molecular complexity index is 1030. The van der Waals surface area contributed by atoms with Crippen LogP contribution in [-0.4, -0.2) is 66.2 Å². The second kappa shape index (κ2) is 10.7. The van der Waals surface area contributed by atoms with Crippen LogP contribution in [0.3, 0.4) is 0 Å². The lowest BCUT2D eigenvalue weighted by Gasteiger charge is -2.27. The van der Waals surface area contributed by atoms with Gasteiger partial charge >= 0.3 is 18.3 Å². The summed E-state index contributed by atoms with van der Waals surface area (Å²) in [7, 11) is 0. The van der Waals surface area contributed by atoms with E-state index in [0.29, 0.717) is 43.2 Å². The minimum Gasteiger partial charge on any atom is -0.475 e. The van der Waals surface area contributed by atoms with Crippen LogP contribution >= 0.6 is 11.3 Å². The van der Waals surface area contributed by atoms with Crippen LogP contribution in [0, 0.1) is 0 Å². The molecule has 0 spiro atoms. The number of rotatable bonds is 4. The van der Waals surface area contributed by atoms with Gasteiger partial charge in [0.1, 0.15) is 9.88 Å². The van der Waals surface area contributed by atoms with Crippen LogP contribution in [0.2, 0.25) is 0 Å². The Balaban J connectivity index is 0.000000509. The van der Waals surface area contributed by atoms with Crippen molar-refractivity contribution >= 4 is 45.4 Å². The van der Waals surface area contributed by atoms with Crippen molar-refractivity contribution in [3.05, 3.63) is 40.8 Å². The molecular formula is C19H18F6N4O4S. The molecule has 0 unspecified atom stereocenters. The number of nitrogens with zero attached hydrogens (tertiary/aromatic N) is 1. The number of hydrogen-bond acceptors (Lipinski definition) is 7. The highest BCUT2D eigenvalue weighted by Crippen LogP contribution is 2.41. The fraction of sp³-hybridized carbons (Fsp3) is 0.316. The lowest BCUT2D eigenvalue weighted by molar-refractivity contribution is -0.192. The van der Waals surface area contributed by atoms with Gasteiger partial charge in [0.25, 0.3) is 11.7 Å². The highest BCUT2D eigenvalue weighted by molar-refractivity contribution is 7.19. The number of benzene rings is 1. The molecule has 1 fully saturated rings. The average molecular weight is 512 g/mol. The molecule has 2 heterocycles. The number of hydrogen-bond donors (Lipinski definition) is 4. The molecule has 5 N–H and O–H groups in total. The lowest BCUT2D eigenvalue weighted by atomic mass is 10.1. The molecule has 8 nitrogen and oxygen atoms in total. The Morgan fingerprint density at radius 1 is 1.00 bits per heavy atom. The van der Waals surface area contributed by atoms with E-state index in [1.807, 2.05) is 0 Å². The normalized spacial score (nSPS) is 14.1. The molecule has 15 heteroatoms. The number of anilines is 3. The molecule has 2 aromatic rings. The van der Waals surface area contributed by atoms with Crippen LogP contribution in [0.1, 0.15) is 20.0 Å². The predicted octanol–water partition coefficient (Wildman–Crippen LogP) is 3.50. The summed E-state index contributed by atoms with van der Waals surface area (Å²) >= 11 is 0.539. The number of nitrogens with two attached hydrogens (primary N) is 1. The Morgan fingerprint density at radius 2 is 1.53 bits per heavy atom. The highest BCUT2D eigenvalue weighted by atomic mass is 32.1. The number of carboxylic acids is 1. The summed E-state index contributed by atoms with van der Waals surface area (Å²) in [5.74, 6) is -5.31. The van der Waals surface area contributed by atoms with E-state index in [0.717, 1.165) is 0 Å². The molecule has 0 atom stereocenters. The van der Waals surface area contributed by atoms with Gasteiger partial charge in [-0.25, -0.2) is 4.79 Å². The van der Waals surface area contributed by atoms with Crippen molar-refractivity contribution in [3.63, 3.8) is 0 Å². The summed E-state index contributed by atoms with van der Waals surface area (Å²) in [6.07, 6.45) is -10.2. The molecule has 0 aliphatic carbocycles. The Morgan fingerprint density at radius 3 is 2.00 bits per heavy atom. The second-order valence-electron chi connectivity index (χ2n) is 6.71. The Labute approximate surface area is 192 Å². The number of amides is 1. The number of piperazine rings is 1. The van der Waals surface area contributed by atoms with Gasteiger partial charge in [-0.3, -0.25) is 9.59 Å². The van der Waals surface area contributed by atoms with Crippen LogP contribution in [0.4, 0.5) is 42.7 Å². The smallest absolute Gasteiger partial charge is 0.475 e. The number of alkyl halides is 6. The van der Waals surface area contributed by atoms with Crippen molar-refractivity contribution < 1.29 is 45.8 Å². The maximum absolute atomic E-state index is 12.9. The SMILES string of the molecule is Nc1c(C(=O)C(F)(F)F)sc(Nc2ccccc2)c1C(=O)N1CCNCC1.O=C(O)C(F)(F)F. The molecule has 1 aliphatic heterocycles. The number of para-hydroxylation sites is 1. The zero-order chi connectivity index (χ0) is 25.7. The average Bonchev–Trinajstić information content (AvgIpc) is 3.08. The fourth-order valence-electron chi connectivity index (χ4n) is 2.72.